The molecule has 0 saturated carbocycles. The van der Waals surface area contributed by atoms with Crippen LogP contribution in [-0.2, 0) is 11.3 Å². The Labute approximate surface area is 196 Å². The third-order valence-corrected chi connectivity index (χ3v) is 5.37. The molecular formula is C23H16ClFN6O3. The van der Waals surface area contributed by atoms with Crippen LogP contribution in [0.25, 0.3) is 28.5 Å². The van der Waals surface area contributed by atoms with E-state index >= 15 is 0 Å². The van der Waals surface area contributed by atoms with E-state index in [1.807, 2.05) is 31.2 Å². The fraction of sp³-hybridized carbons (Fsp3) is 0.0870. The van der Waals surface area contributed by atoms with Crippen molar-refractivity contribution in [2.24, 2.45) is 0 Å². The number of hydrogen-bond acceptors (Lipinski definition) is 6. The maximum absolute atomic E-state index is 13.5. The van der Waals surface area contributed by atoms with Crippen molar-refractivity contribution in [3.8, 4) is 22.8 Å². The number of hydrogen-bond donors (Lipinski definition) is 1. The Balaban J connectivity index is 1.46. The fourth-order valence-corrected chi connectivity index (χ4v) is 3.63. The molecule has 3 aromatic heterocycles. The molecule has 0 saturated heterocycles. The number of aromatic nitrogens is 5. The summed E-state index contributed by atoms with van der Waals surface area (Å²) in [6, 6.07) is 14.6. The Morgan fingerprint density at radius 3 is 2.85 bits per heavy atom. The Hall–Kier alpha value is -4.31. The average molecular weight is 479 g/mol. The van der Waals surface area contributed by atoms with Crippen LogP contribution in [-0.4, -0.2) is 30.2 Å². The van der Waals surface area contributed by atoms with Crippen molar-refractivity contribution in [1.29, 1.82) is 0 Å². The Kier molecular flexibility index (Phi) is 5.42. The number of benzene rings is 2. The molecule has 0 spiro atoms. The van der Waals surface area contributed by atoms with Crippen molar-refractivity contribution >= 4 is 28.8 Å². The molecule has 2 aromatic carbocycles. The Morgan fingerprint density at radius 1 is 1.18 bits per heavy atom. The van der Waals surface area contributed by atoms with E-state index in [2.05, 4.69) is 20.6 Å². The lowest BCUT2D eigenvalue weighted by Gasteiger charge is -2.06. The summed E-state index contributed by atoms with van der Waals surface area (Å²) in [5, 5.41) is 11.0. The topological polar surface area (TPSA) is 107 Å². The van der Waals surface area contributed by atoms with Crippen molar-refractivity contribution in [1.82, 2.24) is 24.3 Å². The molecule has 170 valence electrons. The van der Waals surface area contributed by atoms with Crippen molar-refractivity contribution in [2.45, 2.75) is 13.5 Å². The highest BCUT2D eigenvalue weighted by Gasteiger charge is 2.19. The SMILES string of the molecule is Cc1cccc(-c2noc(-c3cccn4c(=O)n(CC(=O)Nc5cc(F)ccc5Cl)nc34)n2)c1. The highest BCUT2D eigenvalue weighted by molar-refractivity contribution is 6.33. The highest BCUT2D eigenvalue weighted by Crippen LogP contribution is 2.25. The standard InChI is InChI=1S/C23H16ClFN6O3/c1-13-4-2-5-14(10-13)20-27-22(34-29-20)16-6-3-9-30-21(16)28-31(23(30)33)12-19(32)26-18-11-15(25)7-8-17(18)24/h2-11H,12H2,1H3,(H,26,32). The van der Waals surface area contributed by atoms with Crippen LogP contribution in [0.1, 0.15) is 5.56 Å². The molecule has 0 radical (unpaired) electrons. The predicted octanol–water partition coefficient (Wildman–Crippen LogP) is 3.95. The molecule has 5 rings (SSSR count). The van der Waals surface area contributed by atoms with Gasteiger partial charge in [-0.15, -0.1) is 5.10 Å². The van der Waals surface area contributed by atoms with Crippen molar-refractivity contribution in [3.63, 3.8) is 0 Å². The smallest absolute Gasteiger partial charge is 0.333 e. The average Bonchev–Trinajstić information content (AvgIpc) is 3.42. The van der Waals surface area contributed by atoms with Gasteiger partial charge in [-0.05, 0) is 43.3 Å². The molecule has 1 N–H and O–H groups in total. The minimum atomic E-state index is -0.598. The lowest BCUT2D eigenvalue weighted by Crippen LogP contribution is -2.28. The second-order valence-electron chi connectivity index (χ2n) is 7.52. The number of amides is 1. The van der Waals surface area contributed by atoms with Crippen LogP contribution in [0.4, 0.5) is 10.1 Å². The molecule has 0 aliphatic carbocycles. The summed E-state index contributed by atoms with van der Waals surface area (Å²) in [6.45, 7) is 1.55. The lowest BCUT2D eigenvalue weighted by molar-refractivity contribution is -0.117. The maximum Gasteiger partial charge on any atom is 0.350 e. The van der Waals surface area contributed by atoms with Gasteiger partial charge in [0.1, 0.15) is 12.4 Å². The van der Waals surface area contributed by atoms with Gasteiger partial charge in [-0.2, -0.15) is 4.98 Å². The molecule has 0 unspecified atom stereocenters. The molecule has 3 heterocycles. The van der Waals surface area contributed by atoms with Crippen LogP contribution in [0.15, 0.2) is 70.1 Å². The van der Waals surface area contributed by atoms with Gasteiger partial charge in [-0.3, -0.25) is 4.79 Å². The van der Waals surface area contributed by atoms with E-state index in [0.29, 0.717) is 11.4 Å². The third-order valence-electron chi connectivity index (χ3n) is 5.04. The quantitative estimate of drug-likeness (QED) is 0.410. The maximum atomic E-state index is 13.5. The van der Waals surface area contributed by atoms with Gasteiger partial charge >= 0.3 is 5.69 Å². The van der Waals surface area contributed by atoms with E-state index in [4.69, 9.17) is 16.1 Å². The number of anilines is 1. The van der Waals surface area contributed by atoms with Crippen LogP contribution in [0, 0.1) is 12.7 Å². The van der Waals surface area contributed by atoms with Crippen molar-refractivity contribution in [3.05, 3.63) is 87.7 Å². The second-order valence-corrected chi connectivity index (χ2v) is 7.93. The number of fused-ring (bicyclic) bond motifs is 1. The first kappa shape index (κ1) is 21.5. The largest absolute Gasteiger partial charge is 0.350 e. The summed E-state index contributed by atoms with van der Waals surface area (Å²) in [6.07, 6.45) is 1.52. The minimum absolute atomic E-state index is 0.0960. The number of rotatable bonds is 5. The molecule has 0 aliphatic heterocycles. The van der Waals surface area contributed by atoms with Crippen molar-refractivity contribution < 1.29 is 13.7 Å². The number of nitrogens with one attached hydrogen (secondary N) is 1. The Morgan fingerprint density at radius 2 is 2.03 bits per heavy atom. The van der Waals surface area contributed by atoms with Gasteiger partial charge in [-0.25, -0.2) is 18.3 Å². The molecule has 0 fully saturated rings. The first-order valence-corrected chi connectivity index (χ1v) is 10.5. The van der Waals surface area contributed by atoms with Gasteiger partial charge in [0.2, 0.25) is 11.7 Å². The van der Waals surface area contributed by atoms with E-state index in [-0.39, 0.29) is 22.2 Å². The van der Waals surface area contributed by atoms with Crippen LogP contribution in [0.3, 0.4) is 0 Å². The van der Waals surface area contributed by atoms with Gasteiger partial charge in [0.25, 0.3) is 5.89 Å². The van der Waals surface area contributed by atoms with E-state index in [9.17, 15) is 14.0 Å². The third kappa shape index (κ3) is 4.06. The summed E-state index contributed by atoms with van der Waals surface area (Å²) in [7, 11) is 0. The Bertz CT molecular complexity index is 1610. The first-order chi connectivity index (χ1) is 16.4. The van der Waals surface area contributed by atoms with E-state index in [0.717, 1.165) is 21.9 Å². The van der Waals surface area contributed by atoms with E-state index in [1.54, 1.807) is 12.1 Å². The van der Waals surface area contributed by atoms with Crippen LogP contribution >= 0.6 is 11.6 Å². The summed E-state index contributed by atoms with van der Waals surface area (Å²) in [5.74, 6) is -0.581. The van der Waals surface area contributed by atoms with Crippen molar-refractivity contribution in [2.75, 3.05) is 5.32 Å². The minimum Gasteiger partial charge on any atom is -0.333 e. The van der Waals surface area contributed by atoms with Crippen LogP contribution in [0.2, 0.25) is 5.02 Å². The monoisotopic (exact) mass is 478 g/mol. The molecule has 1 amide bonds. The number of pyridine rings is 1. The molecule has 11 heteroatoms. The first-order valence-electron chi connectivity index (χ1n) is 10.1. The number of nitrogens with zero attached hydrogens (tertiary/aromatic N) is 5. The molecule has 0 aliphatic rings. The highest BCUT2D eigenvalue weighted by atomic mass is 35.5. The molecule has 0 bridgehead atoms. The van der Waals surface area contributed by atoms with Gasteiger partial charge in [0.05, 0.1) is 16.3 Å². The number of halogens is 2. The number of carbonyl (C=O) groups is 1. The molecule has 34 heavy (non-hydrogen) atoms. The molecule has 9 nitrogen and oxygen atoms in total. The van der Waals surface area contributed by atoms with Crippen LogP contribution in [0.5, 0.6) is 0 Å². The van der Waals surface area contributed by atoms with Crippen LogP contribution < -0.4 is 11.0 Å². The zero-order valence-electron chi connectivity index (χ0n) is 17.7. The summed E-state index contributed by atoms with van der Waals surface area (Å²) < 4.78 is 21.2. The normalized spacial score (nSPS) is 11.1. The lowest BCUT2D eigenvalue weighted by atomic mass is 10.1. The number of aryl methyl sites for hydroxylation is 1. The summed E-state index contributed by atoms with van der Waals surface area (Å²) in [5.41, 5.74) is 2.06. The molecule has 0 atom stereocenters. The molecule has 5 aromatic rings. The molecular weight excluding hydrogens is 463 g/mol. The van der Waals surface area contributed by atoms with Gasteiger partial charge in [-0.1, -0.05) is 40.5 Å². The zero-order valence-corrected chi connectivity index (χ0v) is 18.5. The fourth-order valence-electron chi connectivity index (χ4n) is 3.46. The summed E-state index contributed by atoms with van der Waals surface area (Å²) >= 11 is 5.99. The van der Waals surface area contributed by atoms with E-state index < -0.39 is 24.0 Å². The van der Waals surface area contributed by atoms with E-state index in [1.165, 1.54) is 22.7 Å². The van der Waals surface area contributed by atoms with Gasteiger partial charge in [0.15, 0.2) is 5.65 Å². The van der Waals surface area contributed by atoms with Gasteiger partial charge < -0.3 is 9.84 Å². The summed E-state index contributed by atoms with van der Waals surface area (Å²) in [4.78, 5) is 29.7. The zero-order chi connectivity index (χ0) is 23.8. The second kappa shape index (κ2) is 8.56. The number of carbonyl (C=O) groups excluding carboxylic acids is 1. The van der Waals surface area contributed by atoms with Gasteiger partial charge in [0, 0.05) is 11.8 Å². The predicted molar refractivity (Wildman–Crippen MR) is 123 cm³/mol.